The van der Waals surface area contributed by atoms with Gasteiger partial charge in [0.2, 0.25) is 0 Å². The Morgan fingerprint density at radius 2 is 1.41 bits per heavy atom. The van der Waals surface area contributed by atoms with Crippen molar-refractivity contribution < 1.29 is 42.8 Å². The largest absolute Gasteiger partial charge is 0.492 e. The summed E-state index contributed by atoms with van der Waals surface area (Å²) in [6.07, 6.45) is 6.62. The number of piperidine rings is 1. The molecule has 10 heteroatoms. The van der Waals surface area contributed by atoms with Gasteiger partial charge in [-0.3, -0.25) is 19.3 Å². The molecule has 1 saturated heterocycles. The molecule has 4 aliphatic rings. The van der Waals surface area contributed by atoms with Gasteiger partial charge in [0.05, 0.1) is 22.7 Å². The van der Waals surface area contributed by atoms with Crippen molar-refractivity contribution in [3.05, 3.63) is 82.6 Å². The lowest BCUT2D eigenvalue weighted by molar-refractivity contribution is -0.224. The summed E-state index contributed by atoms with van der Waals surface area (Å²) in [5.74, 6) is -0.845. The molecule has 1 aliphatic carbocycles. The third-order valence-electron chi connectivity index (χ3n) is 9.89. The van der Waals surface area contributed by atoms with Crippen molar-refractivity contribution in [2.45, 2.75) is 99.9 Å². The topological polar surface area (TPSA) is 110 Å². The average molecular weight is 742 g/mol. The normalized spacial score (nSPS) is 19.8. The summed E-state index contributed by atoms with van der Waals surface area (Å²) >= 11 is 0. The molecule has 2 aromatic rings. The second kappa shape index (κ2) is 14.9. The summed E-state index contributed by atoms with van der Waals surface area (Å²) in [5.41, 5.74) is 1.87. The minimum absolute atomic E-state index is 0.00960. The Labute approximate surface area is 319 Å². The Kier molecular flexibility index (Phi) is 10.8. The fraction of sp³-hybridized carbons (Fsp3) is 0.523. The van der Waals surface area contributed by atoms with E-state index in [1.807, 2.05) is 51.1 Å². The van der Waals surface area contributed by atoms with E-state index in [0.717, 1.165) is 53.2 Å². The molecule has 0 N–H and O–H groups in total. The molecule has 0 radical (unpaired) electrons. The van der Waals surface area contributed by atoms with Crippen LogP contribution in [-0.2, 0) is 28.6 Å². The molecule has 0 aromatic heterocycles. The highest BCUT2D eigenvalue weighted by Gasteiger charge is 2.47. The SMILES string of the molecule is CC(C)(C)C(=O)Oc1ccc2c(c1)OC(c1ccc(OCCN3CCCCC3)cc1)C1=C2COC2=C1C=CC(OC(=O)C(C)(C)C)(OC(=O)C(C)(C)C)C2. The highest BCUT2D eigenvalue weighted by atomic mass is 16.7. The quantitative estimate of drug-likeness (QED) is 0.148. The maximum Gasteiger partial charge on any atom is 0.316 e. The first-order chi connectivity index (χ1) is 25.3. The van der Waals surface area contributed by atoms with Crippen molar-refractivity contribution >= 4 is 23.5 Å². The average Bonchev–Trinajstić information content (AvgIpc) is 3.10. The van der Waals surface area contributed by atoms with Crippen molar-refractivity contribution in [2.75, 3.05) is 32.8 Å². The summed E-state index contributed by atoms with van der Waals surface area (Å²) < 4.78 is 37.2. The number of ether oxygens (including phenoxy) is 6. The van der Waals surface area contributed by atoms with Crippen molar-refractivity contribution in [1.82, 2.24) is 4.90 Å². The van der Waals surface area contributed by atoms with E-state index >= 15 is 0 Å². The highest BCUT2D eigenvalue weighted by molar-refractivity contribution is 5.84. The number of allylic oxidation sites excluding steroid dienone is 1. The molecule has 3 heterocycles. The lowest BCUT2D eigenvalue weighted by Crippen LogP contribution is -2.45. The van der Waals surface area contributed by atoms with Crippen LogP contribution in [-0.4, -0.2) is 61.4 Å². The monoisotopic (exact) mass is 741 g/mol. The zero-order chi connectivity index (χ0) is 39.1. The Morgan fingerprint density at radius 3 is 2.02 bits per heavy atom. The molecular weight excluding hydrogens is 686 g/mol. The highest BCUT2D eigenvalue weighted by Crippen LogP contribution is 2.51. The number of fused-ring (bicyclic) bond motifs is 3. The van der Waals surface area contributed by atoms with Crippen LogP contribution in [0.4, 0.5) is 0 Å². The first-order valence-electron chi connectivity index (χ1n) is 19.1. The van der Waals surface area contributed by atoms with Gasteiger partial charge in [0, 0.05) is 41.0 Å². The fourth-order valence-corrected chi connectivity index (χ4v) is 6.56. The van der Waals surface area contributed by atoms with Crippen molar-refractivity contribution in [3.63, 3.8) is 0 Å². The number of hydrogen-bond donors (Lipinski definition) is 0. The van der Waals surface area contributed by atoms with Crippen LogP contribution >= 0.6 is 0 Å². The van der Waals surface area contributed by atoms with Gasteiger partial charge < -0.3 is 28.4 Å². The third kappa shape index (κ3) is 8.70. The van der Waals surface area contributed by atoms with Crippen LogP contribution in [0, 0.1) is 16.2 Å². The second-order valence-electron chi connectivity index (χ2n) is 17.7. The summed E-state index contributed by atoms with van der Waals surface area (Å²) in [6, 6.07) is 13.3. The molecular formula is C44H55NO9. The number of likely N-dealkylation sites (tertiary alicyclic amines) is 1. The second-order valence-corrected chi connectivity index (χ2v) is 17.7. The first kappa shape index (κ1) is 39.1. The molecule has 0 amide bonds. The van der Waals surface area contributed by atoms with Crippen molar-refractivity contribution in [1.29, 1.82) is 0 Å². The van der Waals surface area contributed by atoms with Gasteiger partial charge in [-0.05, 0) is 124 Å². The summed E-state index contributed by atoms with van der Waals surface area (Å²) in [5, 5.41) is 0. The van der Waals surface area contributed by atoms with Crippen LogP contribution in [0.3, 0.4) is 0 Å². The molecule has 6 rings (SSSR count). The molecule has 0 saturated carbocycles. The van der Waals surface area contributed by atoms with Crippen LogP contribution in [0.1, 0.15) is 105 Å². The Bertz CT molecular complexity index is 1830. The minimum atomic E-state index is -1.70. The predicted molar refractivity (Wildman–Crippen MR) is 205 cm³/mol. The van der Waals surface area contributed by atoms with E-state index in [9.17, 15) is 14.4 Å². The number of hydrogen-bond acceptors (Lipinski definition) is 10. The van der Waals surface area contributed by atoms with Gasteiger partial charge in [-0.15, -0.1) is 0 Å². The molecule has 290 valence electrons. The van der Waals surface area contributed by atoms with E-state index in [1.165, 1.54) is 19.3 Å². The standard InChI is InChI=1S/C44H55NO9/c1-41(2,3)38(46)51-30-17-18-31-33-27-50-35-26-44(53-39(47)42(4,5)6,54-40(48)43(7,8)9)20-19-32(35)36(33)37(52-34(31)25-30)28-13-15-29(16-14-28)49-24-23-45-21-11-10-12-22-45/h13-20,25,37H,10-12,21-24,26-27H2,1-9H3. The maximum absolute atomic E-state index is 13.3. The third-order valence-corrected chi connectivity index (χ3v) is 9.89. The van der Waals surface area contributed by atoms with Crippen LogP contribution in [0.15, 0.2) is 71.5 Å². The molecule has 2 aromatic carbocycles. The van der Waals surface area contributed by atoms with Gasteiger partial charge in [0.1, 0.15) is 42.3 Å². The van der Waals surface area contributed by atoms with E-state index in [1.54, 1.807) is 65.8 Å². The number of carbonyl (C=O) groups excluding carboxylic acids is 3. The van der Waals surface area contributed by atoms with Gasteiger partial charge >= 0.3 is 17.9 Å². The number of rotatable bonds is 8. The summed E-state index contributed by atoms with van der Waals surface area (Å²) in [6.45, 7) is 19.9. The lowest BCUT2D eigenvalue weighted by atomic mass is 9.81. The Morgan fingerprint density at radius 1 is 0.796 bits per heavy atom. The van der Waals surface area contributed by atoms with Crippen LogP contribution < -0.4 is 14.2 Å². The van der Waals surface area contributed by atoms with E-state index in [-0.39, 0.29) is 19.0 Å². The molecule has 0 bridgehead atoms. The molecule has 1 unspecified atom stereocenters. The molecule has 10 nitrogen and oxygen atoms in total. The number of esters is 3. The van der Waals surface area contributed by atoms with Gasteiger partial charge in [0.15, 0.2) is 0 Å². The zero-order valence-corrected chi connectivity index (χ0v) is 33.3. The maximum atomic E-state index is 13.3. The lowest BCUT2D eigenvalue weighted by Gasteiger charge is -2.41. The van der Waals surface area contributed by atoms with Gasteiger partial charge in [0.25, 0.3) is 5.79 Å². The van der Waals surface area contributed by atoms with Gasteiger partial charge in [-0.2, -0.15) is 0 Å². The molecule has 3 aliphatic heterocycles. The van der Waals surface area contributed by atoms with Gasteiger partial charge in [-0.25, -0.2) is 0 Å². The molecule has 1 fully saturated rings. The van der Waals surface area contributed by atoms with Crippen LogP contribution in [0.2, 0.25) is 0 Å². The molecule has 54 heavy (non-hydrogen) atoms. The predicted octanol–water partition coefficient (Wildman–Crippen LogP) is 8.51. The minimum Gasteiger partial charge on any atom is -0.492 e. The van der Waals surface area contributed by atoms with E-state index < -0.39 is 40.1 Å². The fourth-order valence-electron chi connectivity index (χ4n) is 6.56. The summed E-state index contributed by atoms with van der Waals surface area (Å²) in [4.78, 5) is 41.8. The van der Waals surface area contributed by atoms with E-state index in [4.69, 9.17) is 28.4 Å². The summed E-state index contributed by atoms with van der Waals surface area (Å²) in [7, 11) is 0. The van der Waals surface area contributed by atoms with Gasteiger partial charge in [-0.1, -0.05) is 18.6 Å². The first-order valence-corrected chi connectivity index (χ1v) is 19.1. The van der Waals surface area contributed by atoms with Crippen LogP contribution in [0.5, 0.6) is 17.2 Å². The number of nitrogens with zero attached hydrogens (tertiary/aromatic N) is 1. The number of benzene rings is 2. The van der Waals surface area contributed by atoms with Crippen molar-refractivity contribution in [2.24, 2.45) is 16.2 Å². The molecule has 0 spiro atoms. The number of carbonyl (C=O) groups is 3. The smallest absolute Gasteiger partial charge is 0.316 e. The Hall–Kier alpha value is -4.57. The van der Waals surface area contributed by atoms with E-state index in [2.05, 4.69) is 4.90 Å². The molecule has 1 atom stereocenters. The van der Waals surface area contributed by atoms with Crippen molar-refractivity contribution in [3.8, 4) is 17.2 Å². The van der Waals surface area contributed by atoms with Crippen LogP contribution in [0.25, 0.3) is 5.57 Å². The Balaban J connectivity index is 1.35. The zero-order valence-electron chi connectivity index (χ0n) is 33.3. The van der Waals surface area contributed by atoms with E-state index in [0.29, 0.717) is 23.9 Å².